The Balaban J connectivity index is 1.70. The zero-order chi connectivity index (χ0) is 22.4. The number of ether oxygens (including phenoxy) is 1. The van der Waals surface area contributed by atoms with Gasteiger partial charge in [-0.1, -0.05) is 36.2 Å². The summed E-state index contributed by atoms with van der Waals surface area (Å²) < 4.78 is 56.8. The molecular weight excluding hydrogens is 452 g/mol. The zero-order valence-corrected chi connectivity index (χ0v) is 18.0. The van der Waals surface area contributed by atoms with E-state index in [1.54, 1.807) is 24.3 Å². The van der Waals surface area contributed by atoms with Crippen LogP contribution in [0.25, 0.3) is 0 Å². The number of benzene rings is 2. The average Bonchev–Trinajstić information content (AvgIpc) is 2.74. The molecule has 0 aromatic heterocycles. The van der Waals surface area contributed by atoms with Crippen molar-refractivity contribution in [2.24, 2.45) is 0 Å². The number of hydrogen-bond acceptors (Lipinski definition) is 4. The number of alkyl halides is 2. The Labute approximate surface area is 184 Å². The summed E-state index contributed by atoms with van der Waals surface area (Å²) in [6, 6.07) is 11.4. The fourth-order valence-electron chi connectivity index (χ4n) is 3.37. The van der Waals surface area contributed by atoms with Crippen LogP contribution in [0.2, 0.25) is 5.02 Å². The summed E-state index contributed by atoms with van der Waals surface area (Å²) in [7, 11) is -3.95. The molecule has 0 radical (unpaired) electrons. The largest absolute Gasteiger partial charge is 0.433 e. The van der Waals surface area contributed by atoms with Crippen molar-refractivity contribution in [3.8, 4) is 5.75 Å². The van der Waals surface area contributed by atoms with Crippen LogP contribution < -0.4 is 15.4 Å². The molecule has 2 N–H and O–H groups in total. The first-order valence-electron chi connectivity index (χ1n) is 9.63. The van der Waals surface area contributed by atoms with Gasteiger partial charge in [-0.05, 0) is 43.2 Å². The van der Waals surface area contributed by atoms with Crippen LogP contribution in [0.5, 0.6) is 5.75 Å². The molecule has 1 saturated heterocycles. The van der Waals surface area contributed by atoms with Crippen LogP contribution in [-0.4, -0.2) is 44.5 Å². The third-order valence-electron chi connectivity index (χ3n) is 4.83. The number of carbonyl (C=O) groups excluding carboxylic acids is 1. The van der Waals surface area contributed by atoms with Gasteiger partial charge in [0.1, 0.15) is 5.75 Å². The predicted molar refractivity (Wildman–Crippen MR) is 113 cm³/mol. The average molecular weight is 474 g/mol. The molecule has 1 aliphatic heterocycles. The van der Waals surface area contributed by atoms with Gasteiger partial charge < -0.3 is 15.4 Å². The Morgan fingerprint density at radius 2 is 1.94 bits per heavy atom. The van der Waals surface area contributed by atoms with Gasteiger partial charge in [-0.25, -0.2) is 13.2 Å². The maximum atomic E-state index is 13.2. The van der Waals surface area contributed by atoms with E-state index >= 15 is 0 Å². The second-order valence-electron chi connectivity index (χ2n) is 6.94. The topological polar surface area (TPSA) is 87.7 Å². The number of anilines is 1. The summed E-state index contributed by atoms with van der Waals surface area (Å²) in [5, 5.41) is 5.17. The summed E-state index contributed by atoms with van der Waals surface area (Å²) >= 11 is 5.93. The first-order valence-corrected chi connectivity index (χ1v) is 11.5. The van der Waals surface area contributed by atoms with E-state index in [4.69, 9.17) is 11.6 Å². The highest BCUT2D eigenvalue weighted by Gasteiger charge is 2.34. The maximum Gasteiger partial charge on any atom is 0.387 e. The molecule has 1 atom stereocenters. The van der Waals surface area contributed by atoms with Crippen molar-refractivity contribution in [1.82, 2.24) is 9.62 Å². The second kappa shape index (κ2) is 10.3. The van der Waals surface area contributed by atoms with Gasteiger partial charge >= 0.3 is 12.6 Å². The lowest BCUT2D eigenvalue weighted by molar-refractivity contribution is -0.0498. The highest BCUT2D eigenvalue weighted by molar-refractivity contribution is 7.89. The van der Waals surface area contributed by atoms with Gasteiger partial charge in [0.15, 0.2) is 0 Å². The standard InChI is InChI=1S/C20H22ClF2N3O4S/c21-17-12-16(9-10-18(17)30-19(22)23)31(28,29)26-11-5-4-8-15(26)13-24-20(27)25-14-6-2-1-3-7-14/h1-3,6-7,9-10,12,15,19H,4-5,8,11,13H2,(H2,24,25,27). The monoisotopic (exact) mass is 473 g/mol. The minimum absolute atomic E-state index is 0.123. The number of amides is 2. The van der Waals surface area contributed by atoms with Crippen LogP contribution >= 0.6 is 11.6 Å². The first kappa shape index (κ1) is 23.2. The normalized spacial score (nSPS) is 17.4. The Kier molecular flexibility index (Phi) is 7.69. The van der Waals surface area contributed by atoms with Crippen LogP contribution in [-0.2, 0) is 10.0 Å². The highest BCUT2D eigenvalue weighted by atomic mass is 35.5. The van der Waals surface area contributed by atoms with Crippen molar-refractivity contribution in [2.45, 2.75) is 36.8 Å². The lowest BCUT2D eigenvalue weighted by Crippen LogP contribution is -2.49. The van der Waals surface area contributed by atoms with Crippen molar-refractivity contribution in [3.05, 3.63) is 53.6 Å². The SMILES string of the molecule is O=C(NCC1CCCCN1S(=O)(=O)c1ccc(OC(F)F)c(Cl)c1)Nc1ccccc1. The molecular formula is C20H22ClF2N3O4S. The quantitative estimate of drug-likeness (QED) is 0.627. The zero-order valence-electron chi connectivity index (χ0n) is 16.4. The number of nitrogens with one attached hydrogen (secondary N) is 2. The summed E-state index contributed by atoms with van der Waals surface area (Å²) in [5.41, 5.74) is 0.619. The van der Waals surface area contributed by atoms with Crippen molar-refractivity contribution < 1.29 is 26.7 Å². The number of halogens is 3. The number of nitrogens with zero attached hydrogens (tertiary/aromatic N) is 1. The molecule has 7 nitrogen and oxygen atoms in total. The number of rotatable bonds is 7. The van der Waals surface area contributed by atoms with Gasteiger partial charge in [0, 0.05) is 24.8 Å². The number of carbonyl (C=O) groups is 1. The first-order chi connectivity index (χ1) is 14.8. The van der Waals surface area contributed by atoms with E-state index in [-0.39, 0.29) is 28.8 Å². The van der Waals surface area contributed by atoms with Crippen molar-refractivity contribution in [2.75, 3.05) is 18.4 Å². The van der Waals surface area contributed by atoms with Crippen LogP contribution in [0.4, 0.5) is 19.3 Å². The van der Waals surface area contributed by atoms with Crippen molar-refractivity contribution in [1.29, 1.82) is 0 Å². The number of sulfonamides is 1. The van der Waals surface area contributed by atoms with Crippen molar-refractivity contribution >= 4 is 33.3 Å². The minimum atomic E-state index is -3.95. The van der Waals surface area contributed by atoms with Crippen molar-refractivity contribution in [3.63, 3.8) is 0 Å². The van der Waals surface area contributed by atoms with Gasteiger partial charge in [0.2, 0.25) is 10.0 Å². The molecule has 0 saturated carbocycles. The molecule has 1 unspecified atom stereocenters. The molecule has 31 heavy (non-hydrogen) atoms. The van der Waals surface area contributed by atoms with E-state index < -0.39 is 28.7 Å². The molecule has 0 spiro atoms. The van der Waals surface area contributed by atoms with E-state index in [1.807, 2.05) is 6.07 Å². The molecule has 1 heterocycles. The van der Waals surface area contributed by atoms with Crippen LogP contribution in [0.15, 0.2) is 53.4 Å². The van der Waals surface area contributed by atoms with E-state index in [2.05, 4.69) is 15.4 Å². The van der Waals surface area contributed by atoms with Crippen LogP contribution in [0, 0.1) is 0 Å². The Morgan fingerprint density at radius 1 is 1.19 bits per heavy atom. The second-order valence-corrected chi connectivity index (χ2v) is 9.23. The summed E-state index contributed by atoms with van der Waals surface area (Å²) in [6.07, 6.45) is 2.07. The molecule has 0 bridgehead atoms. The Hall–Kier alpha value is -2.43. The predicted octanol–water partition coefficient (Wildman–Crippen LogP) is 4.31. The summed E-state index contributed by atoms with van der Waals surface area (Å²) in [5.74, 6) is -0.301. The molecule has 1 fully saturated rings. The lowest BCUT2D eigenvalue weighted by Gasteiger charge is -2.34. The smallest absolute Gasteiger partial charge is 0.387 e. The maximum absolute atomic E-state index is 13.2. The number of urea groups is 1. The van der Waals surface area contributed by atoms with Gasteiger partial charge in [0.25, 0.3) is 0 Å². The van der Waals surface area contributed by atoms with E-state index in [1.165, 1.54) is 10.4 Å². The van der Waals surface area contributed by atoms with Gasteiger partial charge in [-0.15, -0.1) is 0 Å². The summed E-state index contributed by atoms with van der Waals surface area (Å²) in [6.45, 7) is -2.67. The lowest BCUT2D eigenvalue weighted by atomic mass is 10.1. The molecule has 2 aromatic carbocycles. The molecule has 1 aliphatic rings. The van der Waals surface area contributed by atoms with Gasteiger partial charge in [-0.2, -0.15) is 13.1 Å². The highest BCUT2D eigenvalue weighted by Crippen LogP contribution is 2.32. The summed E-state index contributed by atoms with van der Waals surface area (Å²) in [4.78, 5) is 12.0. The minimum Gasteiger partial charge on any atom is -0.433 e. The third-order valence-corrected chi connectivity index (χ3v) is 7.07. The number of hydrogen-bond donors (Lipinski definition) is 2. The Bertz CT molecular complexity index is 1010. The molecule has 168 valence electrons. The van der Waals surface area contributed by atoms with Crippen LogP contribution in [0.3, 0.4) is 0 Å². The fourth-order valence-corrected chi connectivity index (χ4v) is 5.38. The molecule has 0 aliphatic carbocycles. The number of para-hydroxylation sites is 1. The number of piperidine rings is 1. The fraction of sp³-hybridized carbons (Fsp3) is 0.350. The molecule has 2 amide bonds. The third kappa shape index (κ3) is 6.05. The molecule has 3 rings (SSSR count). The van der Waals surface area contributed by atoms with E-state index in [0.29, 0.717) is 18.5 Å². The van der Waals surface area contributed by atoms with E-state index in [0.717, 1.165) is 18.6 Å². The Morgan fingerprint density at radius 3 is 2.61 bits per heavy atom. The molecule has 2 aromatic rings. The van der Waals surface area contributed by atoms with Gasteiger partial charge in [0.05, 0.1) is 9.92 Å². The van der Waals surface area contributed by atoms with Crippen LogP contribution in [0.1, 0.15) is 19.3 Å². The van der Waals surface area contributed by atoms with Gasteiger partial charge in [-0.3, -0.25) is 0 Å². The van der Waals surface area contributed by atoms with E-state index in [9.17, 15) is 22.0 Å². The molecule has 11 heteroatoms.